The Morgan fingerprint density at radius 2 is 2.41 bits per heavy atom. The Balaban J connectivity index is 1.99. The van der Waals surface area contributed by atoms with Crippen LogP contribution in [-0.4, -0.2) is 19.2 Å². The highest BCUT2D eigenvalue weighted by Crippen LogP contribution is 2.26. The summed E-state index contributed by atoms with van der Waals surface area (Å²) >= 11 is 0. The lowest BCUT2D eigenvalue weighted by molar-refractivity contribution is -0.137. The highest BCUT2D eigenvalue weighted by Gasteiger charge is 2.11. The van der Waals surface area contributed by atoms with Gasteiger partial charge in [0.25, 0.3) is 0 Å². The van der Waals surface area contributed by atoms with Gasteiger partial charge in [0, 0.05) is 12.5 Å². The zero-order valence-electron chi connectivity index (χ0n) is 9.94. The third kappa shape index (κ3) is 3.09. The van der Waals surface area contributed by atoms with Crippen LogP contribution in [0.1, 0.15) is 24.5 Å². The van der Waals surface area contributed by atoms with Crippen LogP contribution >= 0.6 is 0 Å². The van der Waals surface area contributed by atoms with Gasteiger partial charge in [0.05, 0.1) is 13.2 Å². The van der Waals surface area contributed by atoms with Crippen molar-refractivity contribution in [3.05, 3.63) is 35.4 Å². The molecule has 0 amide bonds. The molecular formula is C14H16O3. The molecule has 1 aromatic rings. The normalized spacial score (nSPS) is 13.5. The van der Waals surface area contributed by atoms with Gasteiger partial charge in [0.1, 0.15) is 5.75 Å². The number of rotatable bonds is 4. The van der Waals surface area contributed by atoms with Gasteiger partial charge in [-0.25, -0.2) is 4.79 Å². The molecule has 1 aliphatic heterocycles. The molecule has 1 aliphatic rings. The minimum absolute atomic E-state index is 0.288. The predicted molar refractivity (Wildman–Crippen MR) is 65.9 cm³/mol. The summed E-state index contributed by atoms with van der Waals surface area (Å²) in [6.07, 6.45) is 5.02. The van der Waals surface area contributed by atoms with Gasteiger partial charge in [-0.05, 0) is 35.8 Å². The molecule has 0 bridgehead atoms. The first-order valence-corrected chi connectivity index (χ1v) is 5.90. The summed E-state index contributed by atoms with van der Waals surface area (Å²) in [4.78, 5) is 11.3. The summed E-state index contributed by atoms with van der Waals surface area (Å²) in [6.45, 7) is 3.19. The number of carbonyl (C=O) groups is 1. The summed E-state index contributed by atoms with van der Waals surface area (Å²) < 4.78 is 10.4. The van der Waals surface area contributed by atoms with E-state index in [9.17, 15) is 4.79 Å². The average Bonchev–Trinajstić information content (AvgIpc) is 2.81. The van der Waals surface area contributed by atoms with Crippen LogP contribution in [0.5, 0.6) is 5.75 Å². The predicted octanol–water partition coefficient (Wildman–Crippen LogP) is 2.59. The fourth-order valence-electron chi connectivity index (χ4n) is 1.73. The minimum atomic E-state index is -0.288. The highest BCUT2D eigenvalue weighted by atomic mass is 16.5. The molecule has 0 aliphatic carbocycles. The second-order valence-electron chi connectivity index (χ2n) is 3.97. The summed E-state index contributed by atoms with van der Waals surface area (Å²) in [5.74, 6) is 0.666. The minimum Gasteiger partial charge on any atom is -0.493 e. The standard InChI is InChI=1S/C14H16O3/c1-2-8-17-14(15)6-4-11-3-5-13-12(10-11)7-9-16-13/h3-6,10H,2,7-9H2,1H3. The molecule has 0 spiro atoms. The Morgan fingerprint density at radius 3 is 3.24 bits per heavy atom. The molecule has 0 aromatic heterocycles. The van der Waals surface area contributed by atoms with E-state index in [1.54, 1.807) is 6.08 Å². The second kappa shape index (κ2) is 5.53. The lowest BCUT2D eigenvalue weighted by Crippen LogP contribution is -2.00. The van der Waals surface area contributed by atoms with Crippen molar-refractivity contribution < 1.29 is 14.3 Å². The van der Waals surface area contributed by atoms with Gasteiger partial charge < -0.3 is 9.47 Å². The quantitative estimate of drug-likeness (QED) is 0.591. The molecule has 17 heavy (non-hydrogen) atoms. The molecule has 0 N–H and O–H groups in total. The van der Waals surface area contributed by atoms with Gasteiger partial charge in [-0.15, -0.1) is 0 Å². The smallest absolute Gasteiger partial charge is 0.330 e. The van der Waals surface area contributed by atoms with E-state index in [1.165, 1.54) is 11.6 Å². The van der Waals surface area contributed by atoms with Crippen LogP contribution in [0, 0.1) is 0 Å². The zero-order valence-corrected chi connectivity index (χ0v) is 9.94. The van der Waals surface area contributed by atoms with Gasteiger partial charge in [0.2, 0.25) is 0 Å². The Bertz CT molecular complexity index is 435. The topological polar surface area (TPSA) is 35.5 Å². The number of benzene rings is 1. The number of fused-ring (bicyclic) bond motifs is 1. The Morgan fingerprint density at radius 1 is 1.53 bits per heavy atom. The van der Waals surface area contributed by atoms with E-state index in [2.05, 4.69) is 0 Å². The van der Waals surface area contributed by atoms with Crippen LogP contribution in [0.25, 0.3) is 6.08 Å². The van der Waals surface area contributed by atoms with Crippen LogP contribution in [0.3, 0.4) is 0 Å². The van der Waals surface area contributed by atoms with Crippen molar-refractivity contribution in [2.75, 3.05) is 13.2 Å². The average molecular weight is 232 g/mol. The van der Waals surface area contributed by atoms with E-state index >= 15 is 0 Å². The molecule has 0 saturated heterocycles. The number of carbonyl (C=O) groups excluding carboxylic acids is 1. The summed E-state index contributed by atoms with van der Waals surface area (Å²) in [6, 6.07) is 5.93. The third-order valence-corrected chi connectivity index (χ3v) is 2.57. The van der Waals surface area contributed by atoms with Gasteiger partial charge >= 0.3 is 5.97 Å². The maximum absolute atomic E-state index is 11.3. The molecule has 1 heterocycles. The summed E-state index contributed by atoms with van der Waals surface area (Å²) in [5, 5.41) is 0. The number of esters is 1. The molecule has 3 nitrogen and oxygen atoms in total. The molecule has 3 heteroatoms. The van der Waals surface area contributed by atoms with E-state index in [0.29, 0.717) is 6.61 Å². The molecule has 2 rings (SSSR count). The van der Waals surface area contributed by atoms with Crippen molar-refractivity contribution in [1.29, 1.82) is 0 Å². The molecular weight excluding hydrogens is 216 g/mol. The molecule has 0 unspecified atom stereocenters. The first-order chi connectivity index (χ1) is 8.29. The fraction of sp³-hybridized carbons (Fsp3) is 0.357. The van der Waals surface area contributed by atoms with Crippen LogP contribution in [0.15, 0.2) is 24.3 Å². The largest absolute Gasteiger partial charge is 0.493 e. The number of hydrogen-bond donors (Lipinski definition) is 0. The molecule has 90 valence electrons. The fourth-order valence-corrected chi connectivity index (χ4v) is 1.73. The molecule has 1 aromatic carbocycles. The van der Waals surface area contributed by atoms with Gasteiger partial charge in [-0.1, -0.05) is 13.0 Å². The monoisotopic (exact) mass is 232 g/mol. The van der Waals surface area contributed by atoms with Crippen LogP contribution in [0.2, 0.25) is 0 Å². The van der Waals surface area contributed by atoms with E-state index < -0.39 is 0 Å². The van der Waals surface area contributed by atoms with Crippen molar-refractivity contribution >= 4 is 12.0 Å². The van der Waals surface area contributed by atoms with Crippen LogP contribution in [-0.2, 0) is 16.0 Å². The first kappa shape index (κ1) is 11.7. The SMILES string of the molecule is CCCOC(=O)C=Cc1ccc2c(c1)CCO2. The van der Waals surface area contributed by atoms with Crippen LogP contribution in [0.4, 0.5) is 0 Å². The highest BCUT2D eigenvalue weighted by molar-refractivity contribution is 5.87. The zero-order chi connectivity index (χ0) is 12.1. The van der Waals surface area contributed by atoms with Gasteiger partial charge in [-0.2, -0.15) is 0 Å². The van der Waals surface area contributed by atoms with Crippen molar-refractivity contribution in [2.45, 2.75) is 19.8 Å². The van der Waals surface area contributed by atoms with Gasteiger partial charge in [-0.3, -0.25) is 0 Å². The molecule has 0 saturated carbocycles. The van der Waals surface area contributed by atoms with E-state index in [4.69, 9.17) is 9.47 Å². The van der Waals surface area contributed by atoms with Crippen LogP contribution < -0.4 is 4.74 Å². The Kier molecular flexibility index (Phi) is 3.81. The Hall–Kier alpha value is -1.77. The van der Waals surface area contributed by atoms with Crippen molar-refractivity contribution in [3.8, 4) is 5.75 Å². The lowest BCUT2D eigenvalue weighted by atomic mass is 10.1. The van der Waals surface area contributed by atoms with E-state index in [1.807, 2.05) is 25.1 Å². The second-order valence-corrected chi connectivity index (χ2v) is 3.97. The number of hydrogen-bond acceptors (Lipinski definition) is 3. The maximum atomic E-state index is 11.3. The summed E-state index contributed by atoms with van der Waals surface area (Å²) in [5.41, 5.74) is 2.21. The van der Waals surface area contributed by atoms with Crippen molar-refractivity contribution in [2.24, 2.45) is 0 Å². The molecule has 0 radical (unpaired) electrons. The third-order valence-electron chi connectivity index (χ3n) is 2.57. The molecule has 0 fully saturated rings. The maximum Gasteiger partial charge on any atom is 0.330 e. The first-order valence-electron chi connectivity index (χ1n) is 5.90. The molecule has 0 atom stereocenters. The van der Waals surface area contributed by atoms with Gasteiger partial charge in [0.15, 0.2) is 0 Å². The van der Waals surface area contributed by atoms with Crippen molar-refractivity contribution in [3.63, 3.8) is 0 Å². The van der Waals surface area contributed by atoms with Crippen molar-refractivity contribution in [1.82, 2.24) is 0 Å². The lowest BCUT2D eigenvalue weighted by Gasteiger charge is -2.00. The number of ether oxygens (including phenoxy) is 2. The summed E-state index contributed by atoms with van der Waals surface area (Å²) in [7, 11) is 0. The van der Waals surface area contributed by atoms with E-state index in [0.717, 1.165) is 30.8 Å². The Labute approximate surface area is 101 Å². The van der Waals surface area contributed by atoms with E-state index in [-0.39, 0.29) is 5.97 Å².